The van der Waals surface area contributed by atoms with Gasteiger partial charge in [-0.3, -0.25) is 0 Å². The van der Waals surface area contributed by atoms with Crippen molar-refractivity contribution < 1.29 is 20.8 Å². The highest BCUT2D eigenvalue weighted by Gasteiger charge is 2.29. The largest absolute Gasteiger partial charge is 0.506 e. The molecule has 2 aromatic carbocycles. The second-order valence-corrected chi connectivity index (χ2v) is 7.28. The molecule has 2 aliphatic heterocycles. The molecular formula is C20H23N3O4S. The van der Waals surface area contributed by atoms with E-state index in [4.69, 9.17) is 14.4 Å². The van der Waals surface area contributed by atoms with Gasteiger partial charge in [0.2, 0.25) is 0 Å². The van der Waals surface area contributed by atoms with Gasteiger partial charge in [0.25, 0.3) is 0 Å². The van der Waals surface area contributed by atoms with E-state index in [0.717, 1.165) is 25.3 Å². The van der Waals surface area contributed by atoms with E-state index >= 15 is 0 Å². The van der Waals surface area contributed by atoms with Crippen LogP contribution in [0.25, 0.3) is 0 Å². The Labute approximate surface area is 168 Å². The van der Waals surface area contributed by atoms with Gasteiger partial charge in [-0.05, 0) is 54.6 Å². The lowest BCUT2D eigenvalue weighted by atomic mass is 9.89. The van der Waals surface area contributed by atoms with Gasteiger partial charge in [-0.15, -0.1) is 0 Å². The molecule has 2 aliphatic rings. The first-order valence-electron chi connectivity index (χ1n) is 8.70. The Balaban J connectivity index is 0.00000140. The summed E-state index contributed by atoms with van der Waals surface area (Å²) in [6, 6.07) is 14.7. The van der Waals surface area contributed by atoms with Crippen molar-refractivity contribution in [2.75, 3.05) is 18.8 Å². The Hall–Kier alpha value is -2.73. The van der Waals surface area contributed by atoms with Crippen LogP contribution in [0.4, 0.5) is 0 Å². The molecule has 1 saturated heterocycles. The maximum Gasteiger partial charge on any atom is 0.137 e. The molecule has 0 amide bonds. The number of phenolic OH excluding ortho intramolecular Hbond substituents is 1. The van der Waals surface area contributed by atoms with Gasteiger partial charge in [0.15, 0.2) is 0 Å². The van der Waals surface area contributed by atoms with Crippen molar-refractivity contribution in [2.24, 2.45) is 4.40 Å². The molecule has 0 aromatic heterocycles. The third kappa shape index (κ3) is 4.39. The molecule has 0 saturated carbocycles. The number of hydrogen-bond acceptors (Lipinski definition) is 6. The topological polar surface area (TPSA) is 132 Å². The summed E-state index contributed by atoms with van der Waals surface area (Å²) in [6.07, 6.45) is 2.32. The van der Waals surface area contributed by atoms with Crippen LogP contribution in [0.5, 0.6) is 17.2 Å². The number of phenols is 1. The number of nitrogens with zero attached hydrogens (tertiary/aromatic N) is 3. The number of hydrogen-bond donors (Lipinski definition) is 1. The van der Waals surface area contributed by atoms with Crippen LogP contribution in [0.15, 0.2) is 46.9 Å². The van der Waals surface area contributed by atoms with Gasteiger partial charge in [0.05, 0.1) is 5.56 Å². The summed E-state index contributed by atoms with van der Waals surface area (Å²) in [4.78, 5) is 2.41. The first-order valence-corrected chi connectivity index (χ1v) is 9.64. The lowest BCUT2D eigenvalue weighted by Gasteiger charge is -2.37. The number of piperidine rings is 1. The van der Waals surface area contributed by atoms with Crippen LogP contribution >= 0.6 is 11.9 Å². The average molecular weight is 401 g/mol. The van der Waals surface area contributed by atoms with Gasteiger partial charge >= 0.3 is 0 Å². The van der Waals surface area contributed by atoms with E-state index in [-0.39, 0.29) is 22.3 Å². The molecule has 4 rings (SSSR count). The van der Waals surface area contributed by atoms with Crippen LogP contribution in [0.1, 0.15) is 29.9 Å². The monoisotopic (exact) mass is 401 g/mol. The van der Waals surface area contributed by atoms with Crippen molar-refractivity contribution >= 4 is 17.8 Å². The molecule has 1 atom stereocenters. The molecule has 2 aromatic rings. The minimum Gasteiger partial charge on any atom is -0.506 e. The Morgan fingerprint density at radius 3 is 2.57 bits per heavy atom. The number of rotatable bonds is 3. The van der Waals surface area contributed by atoms with Crippen molar-refractivity contribution in [3.05, 3.63) is 53.6 Å². The molecule has 1 unspecified atom stereocenters. The highest BCUT2D eigenvalue weighted by Crippen LogP contribution is 2.34. The van der Waals surface area contributed by atoms with Gasteiger partial charge in [-0.2, -0.15) is 5.26 Å². The SMILES string of the molecule is N#Cc1ccc(Oc2ccc(C3CCCN4CCSN=C34)cc2)cc1O.O.O. The van der Waals surface area contributed by atoms with Crippen LogP contribution in [0.2, 0.25) is 0 Å². The Bertz CT molecular complexity index is 880. The number of benzene rings is 2. The van der Waals surface area contributed by atoms with E-state index in [1.54, 1.807) is 24.1 Å². The zero-order valence-electron chi connectivity index (χ0n) is 15.3. The van der Waals surface area contributed by atoms with Crippen molar-refractivity contribution in [1.82, 2.24) is 4.90 Å². The zero-order valence-corrected chi connectivity index (χ0v) is 16.1. The number of fused-ring (bicyclic) bond motifs is 1. The molecule has 2 heterocycles. The standard InChI is InChI=1S/C20H19N3O2S.2H2O/c21-13-15-5-8-17(12-19(15)24)25-16-6-3-14(4-7-16)18-2-1-9-23-10-11-26-22-20(18)23;;/h3-8,12,18,24H,1-2,9-11H2;2*1H2. The van der Waals surface area contributed by atoms with Crippen LogP contribution in [0, 0.1) is 11.3 Å². The van der Waals surface area contributed by atoms with Gasteiger partial charge in [0, 0.05) is 30.8 Å². The van der Waals surface area contributed by atoms with Gasteiger partial charge in [0.1, 0.15) is 29.2 Å². The van der Waals surface area contributed by atoms with Gasteiger partial charge in [-0.25, -0.2) is 4.40 Å². The summed E-state index contributed by atoms with van der Waals surface area (Å²) in [7, 11) is 0. The molecule has 148 valence electrons. The van der Waals surface area contributed by atoms with Gasteiger partial charge in [-0.1, -0.05) is 12.1 Å². The molecule has 0 spiro atoms. The summed E-state index contributed by atoms with van der Waals surface area (Å²) in [5.41, 5.74) is 1.49. The second kappa shape index (κ2) is 9.46. The van der Waals surface area contributed by atoms with E-state index in [0.29, 0.717) is 17.4 Å². The van der Waals surface area contributed by atoms with Crippen LogP contribution in [0.3, 0.4) is 0 Å². The fourth-order valence-corrected chi connectivity index (χ4v) is 4.22. The molecule has 7 nitrogen and oxygen atoms in total. The fraction of sp³-hybridized carbons (Fsp3) is 0.300. The third-order valence-corrected chi connectivity index (χ3v) is 5.46. The van der Waals surface area contributed by atoms with E-state index in [2.05, 4.69) is 17.0 Å². The first kappa shape index (κ1) is 21.6. The Morgan fingerprint density at radius 2 is 1.86 bits per heavy atom. The van der Waals surface area contributed by atoms with Crippen molar-refractivity contribution in [3.63, 3.8) is 0 Å². The van der Waals surface area contributed by atoms with Crippen LogP contribution in [-0.4, -0.2) is 45.6 Å². The summed E-state index contributed by atoms with van der Waals surface area (Å²) < 4.78 is 10.5. The molecule has 1 fully saturated rings. The van der Waals surface area contributed by atoms with E-state index in [1.165, 1.54) is 23.9 Å². The molecular weight excluding hydrogens is 378 g/mol. The summed E-state index contributed by atoms with van der Waals surface area (Å²) in [5.74, 6) is 3.76. The van der Waals surface area contributed by atoms with Crippen LogP contribution < -0.4 is 4.74 Å². The average Bonchev–Trinajstić information content (AvgIpc) is 2.68. The summed E-state index contributed by atoms with van der Waals surface area (Å²) in [5, 5.41) is 18.6. The molecule has 0 aliphatic carbocycles. The number of aromatic hydroxyl groups is 1. The highest BCUT2D eigenvalue weighted by atomic mass is 32.2. The smallest absolute Gasteiger partial charge is 0.137 e. The molecule has 0 radical (unpaired) electrons. The minimum absolute atomic E-state index is 0. The lowest BCUT2D eigenvalue weighted by Crippen LogP contribution is -2.42. The van der Waals surface area contributed by atoms with Crippen molar-refractivity contribution in [2.45, 2.75) is 18.8 Å². The number of ether oxygens (including phenoxy) is 1. The predicted molar refractivity (Wildman–Crippen MR) is 110 cm³/mol. The number of nitriles is 1. The molecule has 8 heteroatoms. The first-order chi connectivity index (χ1) is 12.7. The zero-order chi connectivity index (χ0) is 17.9. The van der Waals surface area contributed by atoms with E-state index in [9.17, 15) is 5.11 Å². The second-order valence-electron chi connectivity index (χ2n) is 6.43. The van der Waals surface area contributed by atoms with Gasteiger partial charge < -0.3 is 25.7 Å². The van der Waals surface area contributed by atoms with E-state index in [1.807, 2.05) is 18.2 Å². The Kier molecular flexibility index (Phi) is 7.29. The highest BCUT2D eigenvalue weighted by molar-refractivity contribution is 7.98. The van der Waals surface area contributed by atoms with Crippen molar-refractivity contribution in [1.29, 1.82) is 5.26 Å². The maximum atomic E-state index is 9.77. The summed E-state index contributed by atoms with van der Waals surface area (Å²) >= 11 is 1.66. The fourth-order valence-electron chi connectivity index (χ4n) is 3.45. The minimum atomic E-state index is -0.0725. The van der Waals surface area contributed by atoms with Crippen LogP contribution in [-0.2, 0) is 0 Å². The normalized spacial score (nSPS) is 17.9. The molecule has 0 bridgehead atoms. The molecule has 5 N–H and O–H groups in total. The maximum absolute atomic E-state index is 9.77. The molecule has 28 heavy (non-hydrogen) atoms. The number of amidine groups is 1. The van der Waals surface area contributed by atoms with Crippen molar-refractivity contribution in [3.8, 4) is 23.3 Å². The van der Waals surface area contributed by atoms with E-state index < -0.39 is 0 Å². The quantitative estimate of drug-likeness (QED) is 0.790. The Morgan fingerprint density at radius 1 is 1.11 bits per heavy atom. The lowest BCUT2D eigenvalue weighted by molar-refractivity contribution is 0.371. The summed E-state index contributed by atoms with van der Waals surface area (Å²) in [6.45, 7) is 2.20. The predicted octanol–water partition coefficient (Wildman–Crippen LogP) is 2.65. The third-order valence-electron chi connectivity index (χ3n) is 4.77.